The maximum atomic E-state index is 5.17. The van der Waals surface area contributed by atoms with Gasteiger partial charge in [0, 0.05) is 39.8 Å². The molecule has 0 radical (unpaired) electrons. The predicted octanol–water partition coefficient (Wildman–Crippen LogP) is 9.48. The zero-order chi connectivity index (χ0) is 31.3. The Morgan fingerprint density at radius 2 is 1.04 bits per heavy atom. The van der Waals surface area contributed by atoms with Crippen LogP contribution in [0.2, 0.25) is 0 Å². The van der Waals surface area contributed by atoms with Gasteiger partial charge in [0.2, 0.25) is 0 Å². The Hall–Kier alpha value is -5.88. The van der Waals surface area contributed by atoms with Crippen LogP contribution >= 0.6 is 0 Å². The molecule has 3 aromatic carbocycles. The third-order valence-electron chi connectivity index (χ3n) is 8.26. The minimum atomic E-state index is -0.0507. The number of hydrogen-bond acceptors (Lipinski definition) is 6. The summed E-state index contributed by atoms with van der Waals surface area (Å²) in [4.78, 5) is 29.5. The molecule has 0 N–H and O–H groups in total. The maximum Gasteiger partial charge on any atom is 0.117 e. The summed E-state index contributed by atoms with van der Waals surface area (Å²) >= 11 is 0. The number of pyridine rings is 4. The molecule has 0 aliphatic heterocycles. The second kappa shape index (κ2) is 10.9. The molecule has 0 aliphatic rings. The van der Waals surface area contributed by atoms with E-state index in [1.54, 1.807) is 12.4 Å². The van der Waals surface area contributed by atoms with Crippen LogP contribution in [-0.2, 0) is 5.41 Å². The van der Waals surface area contributed by atoms with Crippen molar-refractivity contribution in [2.75, 3.05) is 0 Å². The molecule has 220 valence electrons. The van der Waals surface area contributed by atoms with Crippen LogP contribution in [0.25, 0.3) is 78.0 Å². The minimum Gasteiger partial charge on any atom is -0.255 e. The second-order valence-electron chi connectivity index (χ2n) is 12.5. The van der Waals surface area contributed by atoms with Crippen LogP contribution in [0, 0.1) is 0 Å². The summed E-state index contributed by atoms with van der Waals surface area (Å²) in [6, 6.07) is 39.1. The fraction of sp³-hybridized carbons (Fsp3) is 0.100. The van der Waals surface area contributed by atoms with Gasteiger partial charge in [0.1, 0.15) is 11.4 Å². The van der Waals surface area contributed by atoms with Crippen molar-refractivity contribution < 1.29 is 0 Å². The first-order chi connectivity index (χ1) is 22.4. The molecule has 0 saturated carbocycles. The van der Waals surface area contributed by atoms with E-state index in [1.807, 2.05) is 42.5 Å². The van der Waals surface area contributed by atoms with Crippen molar-refractivity contribution >= 4 is 32.8 Å². The highest BCUT2D eigenvalue weighted by Gasteiger charge is 2.18. The van der Waals surface area contributed by atoms with Gasteiger partial charge in [-0.1, -0.05) is 81.4 Å². The van der Waals surface area contributed by atoms with Gasteiger partial charge in [-0.3, -0.25) is 9.97 Å². The Kier molecular flexibility index (Phi) is 6.57. The lowest BCUT2D eigenvalue weighted by Crippen LogP contribution is -2.13. The van der Waals surface area contributed by atoms with Crippen LogP contribution in [0.3, 0.4) is 0 Å². The predicted molar refractivity (Wildman–Crippen MR) is 186 cm³/mol. The molecule has 0 saturated heterocycles. The molecule has 0 amide bonds. The van der Waals surface area contributed by atoms with Crippen molar-refractivity contribution in [2.45, 2.75) is 26.2 Å². The van der Waals surface area contributed by atoms with Crippen molar-refractivity contribution in [1.29, 1.82) is 0 Å². The van der Waals surface area contributed by atoms with Crippen LogP contribution in [0.5, 0.6) is 0 Å². The van der Waals surface area contributed by atoms with E-state index in [9.17, 15) is 0 Å². The zero-order valence-electron chi connectivity index (χ0n) is 25.8. The molecule has 6 heteroatoms. The molecular weight excluding hydrogens is 564 g/mol. The molecule has 5 aromatic heterocycles. The molecule has 6 nitrogen and oxygen atoms in total. The molecule has 0 aliphatic carbocycles. The van der Waals surface area contributed by atoms with E-state index < -0.39 is 0 Å². The van der Waals surface area contributed by atoms with E-state index >= 15 is 0 Å². The van der Waals surface area contributed by atoms with Crippen molar-refractivity contribution in [3.05, 3.63) is 133 Å². The third kappa shape index (κ3) is 5.04. The lowest BCUT2D eigenvalue weighted by molar-refractivity contribution is 0.571. The Balaban J connectivity index is 1.23. The minimum absolute atomic E-state index is 0.0507. The summed E-state index contributed by atoms with van der Waals surface area (Å²) in [7, 11) is 0. The Bertz CT molecular complexity index is 2400. The third-order valence-corrected chi connectivity index (χ3v) is 8.26. The first kappa shape index (κ1) is 27.7. The number of aromatic nitrogens is 6. The summed E-state index contributed by atoms with van der Waals surface area (Å²) in [5.41, 5.74) is 11.4. The molecule has 5 heterocycles. The van der Waals surface area contributed by atoms with Crippen LogP contribution in [-0.4, -0.2) is 29.9 Å². The fourth-order valence-corrected chi connectivity index (χ4v) is 5.80. The van der Waals surface area contributed by atoms with E-state index in [0.717, 1.165) is 72.3 Å². The van der Waals surface area contributed by atoms with Gasteiger partial charge in [-0.25, -0.2) is 19.9 Å². The summed E-state index contributed by atoms with van der Waals surface area (Å²) in [5.74, 6) is 0. The van der Waals surface area contributed by atoms with Gasteiger partial charge < -0.3 is 0 Å². The van der Waals surface area contributed by atoms with E-state index in [0.29, 0.717) is 11.4 Å². The Labute approximate surface area is 266 Å². The van der Waals surface area contributed by atoms with Gasteiger partial charge in [0.05, 0.1) is 39.1 Å². The molecule has 0 bridgehead atoms. The Morgan fingerprint density at radius 3 is 1.72 bits per heavy atom. The Morgan fingerprint density at radius 1 is 0.435 bits per heavy atom. The average molecular weight is 595 g/mol. The van der Waals surface area contributed by atoms with Gasteiger partial charge in [-0.2, -0.15) is 0 Å². The average Bonchev–Trinajstić information content (AvgIpc) is 3.10. The van der Waals surface area contributed by atoms with Gasteiger partial charge in [-0.15, -0.1) is 0 Å². The highest BCUT2D eigenvalue weighted by atomic mass is 14.9. The lowest BCUT2D eigenvalue weighted by Gasteiger charge is -2.18. The molecule has 46 heavy (non-hydrogen) atoms. The maximum absolute atomic E-state index is 5.17. The smallest absolute Gasteiger partial charge is 0.117 e. The number of hydrogen-bond donors (Lipinski definition) is 0. The first-order valence-corrected chi connectivity index (χ1v) is 15.4. The van der Waals surface area contributed by atoms with E-state index in [1.165, 1.54) is 0 Å². The van der Waals surface area contributed by atoms with Crippen LogP contribution < -0.4 is 0 Å². The van der Waals surface area contributed by atoms with Crippen molar-refractivity contribution in [2.24, 2.45) is 0 Å². The van der Waals surface area contributed by atoms with Crippen molar-refractivity contribution in [1.82, 2.24) is 29.9 Å². The largest absolute Gasteiger partial charge is 0.255 e. The summed E-state index contributed by atoms with van der Waals surface area (Å²) in [5, 5.41) is 2.17. The number of benzene rings is 3. The van der Waals surface area contributed by atoms with Gasteiger partial charge >= 0.3 is 0 Å². The molecular formula is C40H30N6. The normalized spacial score (nSPS) is 11.8. The number of rotatable bonds is 4. The first-order valence-electron chi connectivity index (χ1n) is 15.4. The SMILES string of the molecule is CC(C)(C)c1ccc2ccc3ccc(-c4cccc(-c5ccc6nc(-c7ccccn7)c(-c7ccccn7)nc6c5)c4)nc3c2n1. The summed E-state index contributed by atoms with van der Waals surface area (Å²) in [6.07, 6.45) is 3.54. The lowest BCUT2D eigenvalue weighted by atomic mass is 9.91. The second-order valence-corrected chi connectivity index (χ2v) is 12.5. The molecule has 8 rings (SSSR count). The van der Waals surface area contributed by atoms with Crippen LogP contribution in [0.1, 0.15) is 26.5 Å². The topological polar surface area (TPSA) is 77.3 Å². The van der Waals surface area contributed by atoms with Crippen molar-refractivity contribution in [3.63, 3.8) is 0 Å². The molecule has 0 fully saturated rings. The quantitative estimate of drug-likeness (QED) is 0.189. The molecule has 0 unspecified atom stereocenters. The van der Waals surface area contributed by atoms with Crippen LogP contribution in [0.4, 0.5) is 0 Å². The molecule has 0 atom stereocenters. The van der Waals surface area contributed by atoms with Crippen molar-refractivity contribution in [3.8, 4) is 45.2 Å². The van der Waals surface area contributed by atoms with E-state index in [-0.39, 0.29) is 5.41 Å². The highest BCUT2D eigenvalue weighted by molar-refractivity contribution is 6.03. The number of fused-ring (bicyclic) bond motifs is 4. The molecule has 0 spiro atoms. The summed E-state index contributed by atoms with van der Waals surface area (Å²) < 4.78 is 0. The van der Waals surface area contributed by atoms with Gasteiger partial charge in [0.25, 0.3) is 0 Å². The van der Waals surface area contributed by atoms with E-state index in [4.69, 9.17) is 19.9 Å². The standard InChI is InChI=1S/C40H30N6/c1-40(2,3)35-20-17-26-14-13-25-15-18-30(43-36(25)37(26)46-35)29-10-8-9-27(23-29)28-16-19-31-34(24-28)45-39(33-12-5-7-22-42-33)38(44-31)32-11-4-6-21-41-32/h4-24H,1-3H3. The van der Waals surface area contributed by atoms with E-state index in [2.05, 4.69) is 104 Å². The zero-order valence-corrected chi connectivity index (χ0v) is 25.8. The van der Waals surface area contributed by atoms with Crippen LogP contribution in [0.15, 0.2) is 128 Å². The number of nitrogens with zero attached hydrogens (tertiary/aromatic N) is 6. The summed E-state index contributed by atoms with van der Waals surface area (Å²) in [6.45, 7) is 6.56. The van der Waals surface area contributed by atoms with Gasteiger partial charge in [0.15, 0.2) is 0 Å². The highest BCUT2D eigenvalue weighted by Crippen LogP contribution is 2.33. The molecule has 8 aromatic rings. The van der Waals surface area contributed by atoms with Gasteiger partial charge in [-0.05, 0) is 65.7 Å². The monoisotopic (exact) mass is 594 g/mol. The fourth-order valence-electron chi connectivity index (χ4n) is 5.80.